The SMILES string of the molecule is OC1(O)COc2ncccc21. The number of rotatable bonds is 0. The minimum absolute atomic E-state index is 0.140. The summed E-state index contributed by atoms with van der Waals surface area (Å²) in [5.74, 6) is -1.55. The molecule has 2 rings (SSSR count). The van der Waals surface area contributed by atoms with Crippen molar-refractivity contribution in [2.24, 2.45) is 0 Å². The molecule has 2 N–H and O–H groups in total. The average Bonchev–Trinajstić information content (AvgIpc) is 2.29. The van der Waals surface area contributed by atoms with E-state index in [1.807, 2.05) is 0 Å². The molecule has 0 saturated heterocycles. The summed E-state index contributed by atoms with van der Waals surface area (Å²) in [5, 5.41) is 18.5. The molecule has 0 fully saturated rings. The van der Waals surface area contributed by atoms with E-state index in [0.717, 1.165) is 0 Å². The number of hydrogen-bond acceptors (Lipinski definition) is 4. The van der Waals surface area contributed by atoms with Crippen LogP contribution >= 0.6 is 0 Å². The van der Waals surface area contributed by atoms with Crippen LogP contribution in [0, 0.1) is 0 Å². The highest BCUT2D eigenvalue weighted by Gasteiger charge is 2.37. The predicted molar refractivity (Wildman–Crippen MR) is 35.8 cm³/mol. The van der Waals surface area contributed by atoms with E-state index in [0.29, 0.717) is 11.4 Å². The van der Waals surface area contributed by atoms with Gasteiger partial charge in [0, 0.05) is 6.20 Å². The first-order valence-electron chi connectivity index (χ1n) is 3.23. The molecule has 0 bridgehead atoms. The molecule has 0 saturated carbocycles. The van der Waals surface area contributed by atoms with Gasteiger partial charge in [-0.15, -0.1) is 0 Å². The minimum atomic E-state index is -1.86. The maximum absolute atomic E-state index is 9.24. The predicted octanol–water partition coefficient (Wildman–Crippen LogP) is -0.389. The quantitative estimate of drug-likeness (QED) is 0.498. The Morgan fingerprint density at radius 3 is 3.09 bits per heavy atom. The van der Waals surface area contributed by atoms with Crippen LogP contribution in [-0.4, -0.2) is 21.8 Å². The molecule has 0 aromatic carbocycles. The Hall–Kier alpha value is -1.13. The van der Waals surface area contributed by atoms with Crippen molar-refractivity contribution in [2.45, 2.75) is 5.79 Å². The molecular formula is C7H7NO3. The Kier molecular flexibility index (Phi) is 1.15. The fraction of sp³-hybridized carbons (Fsp3) is 0.286. The van der Waals surface area contributed by atoms with Crippen LogP contribution in [0.15, 0.2) is 18.3 Å². The first-order valence-corrected chi connectivity index (χ1v) is 3.23. The van der Waals surface area contributed by atoms with Crippen LogP contribution in [0.25, 0.3) is 0 Å². The van der Waals surface area contributed by atoms with Crippen molar-refractivity contribution in [1.82, 2.24) is 4.98 Å². The zero-order valence-electron chi connectivity index (χ0n) is 5.69. The molecule has 0 spiro atoms. The van der Waals surface area contributed by atoms with Crippen molar-refractivity contribution in [3.63, 3.8) is 0 Å². The highest BCUT2D eigenvalue weighted by Crippen LogP contribution is 2.32. The Labute approximate surface area is 63.1 Å². The van der Waals surface area contributed by atoms with E-state index in [1.165, 1.54) is 0 Å². The zero-order valence-corrected chi connectivity index (χ0v) is 5.69. The van der Waals surface area contributed by atoms with Gasteiger partial charge in [0.2, 0.25) is 11.7 Å². The van der Waals surface area contributed by atoms with Gasteiger partial charge in [-0.3, -0.25) is 0 Å². The van der Waals surface area contributed by atoms with Crippen LogP contribution in [0.5, 0.6) is 5.88 Å². The van der Waals surface area contributed by atoms with Crippen molar-refractivity contribution in [2.75, 3.05) is 6.61 Å². The molecule has 1 aliphatic heterocycles. The van der Waals surface area contributed by atoms with E-state index in [4.69, 9.17) is 4.74 Å². The lowest BCUT2D eigenvalue weighted by Crippen LogP contribution is -2.26. The molecule has 4 heteroatoms. The van der Waals surface area contributed by atoms with Gasteiger partial charge in [0.05, 0.1) is 5.56 Å². The topological polar surface area (TPSA) is 62.6 Å². The van der Waals surface area contributed by atoms with Gasteiger partial charge < -0.3 is 14.9 Å². The maximum Gasteiger partial charge on any atom is 0.230 e. The first-order chi connectivity index (χ1) is 5.20. The van der Waals surface area contributed by atoms with E-state index in [9.17, 15) is 10.2 Å². The van der Waals surface area contributed by atoms with Crippen LogP contribution in [0.2, 0.25) is 0 Å². The molecule has 0 unspecified atom stereocenters. The Balaban J connectivity index is 2.56. The Bertz CT molecular complexity index is 285. The van der Waals surface area contributed by atoms with Crippen molar-refractivity contribution in [3.8, 4) is 5.88 Å². The van der Waals surface area contributed by atoms with Gasteiger partial charge in [-0.25, -0.2) is 4.98 Å². The number of nitrogens with zero attached hydrogens (tertiary/aromatic N) is 1. The van der Waals surface area contributed by atoms with Crippen LogP contribution in [-0.2, 0) is 5.79 Å². The van der Waals surface area contributed by atoms with Crippen LogP contribution in [0.1, 0.15) is 5.56 Å². The number of aliphatic hydroxyl groups is 2. The molecule has 0 atom stereocenters. The summed E-state index contributed by atoms with van der Waals surface area (Å²) >= 11 is 0. The molecule has 0 aliphatic carbocycles. The Morgan fingerprint density at radius 1 is 1.55 bits per heavy atom. The number of aromatic nitrogens is 1. The Morgan fingerprint density at radius 2 is 2.36 bits per heavy atom. The van der Waals surface area contributed by atoms with Gasteiger partial charge in [0.1, 0.15) is 6.61 Å². The van der Waals surface area contributed by atoms with Crippen LogP contribution in [0.3, 0.4) is 0 Å². The second-order valence-electron chi connectivity index (χ2n) is 2.46. The summed E-state index contributed by atoms with van der Waals surface area (Å²) in [6, 6.07) is 3.21. The zero-order chi connectivity index (χ0) is 7.90. The molecule has 1 aromatic rings. The lowest BCUT2D eigenvalue weighted by atomic mass is 10.1. The summed E-state index contributed by atoms with van der Waals surface area (Å²) in [5.41, 5.74) is 0.333. The monoisotopic (exact) mass is 153 g/mol. The van der Waals surface area contributed by atoms with Gasteiger partial charge in [-0.05, 0) is 12.1 Å². The molecule has 11 heavy (non-hydrogen) atoms. The summed E-state index contributed by atoms with van der Waals surface area (Å²) in [7, 11) is 0. The van der Waals surface area contributed by atoms with Crippen LogP contribution < -0.4 is 4.74 Å². The smallest absolute Gasteiger partial charge is 0.230 e. The first kappa shape index (κ1) is 6.57. The van der Waals surface area contributed by atoms with E-state index >= 15 is 0 Å². The van der Waals surface area contributed by atoms with Crippen molar-refractivity contribution in [3.05, 3.63) is 23.9 Å². The van der Waals surface area contributed by atoms with Gasteiger partial charge in [0.15, 0.2) is 0 Å². The second-order valence-corrected chi connectivity index (χ2v) is 2.46. The van der Waals surface area contributed by atoms with E-state index in [1.54, 1.807) is 18.3 Å². The number of ether oxygens (including phenoxy) is 1. The van der Waals surface area contributed by atoms with E-state index in [-0.39, 0.29) is 6.61 Å². The van der Waals surface area contributed by atoms with E-state index < -0.39 is 5.79 Å². The molecule has 1 aromatic heterocycles. The highest BCUT2D eigenvalue weighted by atomic mass is 16.6. The van der Waals surface area contributed by atoms with Gasteiger partial charge in [-0.2, -0.15) is 0 Å². The standard InChI is InChI=1S/C7H7NO3/c9-7(10)4-11-6-5(7)2-1-3-8-6/h1-3,9-10H,4H2. The molecule has 58 valence electrons. The lowest BCUT2D eigenvalue weighted by Gasteiger charge is -2.10. The third kappa shape index (κ3) is 0.875. The molecular weight excluding hydrogens is 146 g/mol. The summed E-state index contributed by atoms with van der Waals surface area (Å²) in [4.78, 5) is 3.81. The normalized spacial score (nSPS) is 19.1. The lowest BCUT2D eigenvalue weighted by molar-refractivity contribution is -0.173. The van der Waals surface area contributed by atoms with Crippen molar-refractivity contribution in [1.29, 1.82) is 0 Å². The molecule has 2 heterocycles. The second kappa shape index (κ2) is 1.93. The molecule has 1 aliphatic rings. The number of fused-ring (bicyclic) bond motifs is 1. The summed E-state index contributed by atoms with van der Waals surface area (Å²) in [6.07, 6.45) is 1.54. The summed E-state index contributed by atoms with van der Waals surface area (Å²) in [6.45, 7) is -0.140. The maximum atomic E-state index is 9.24. The third-order valence-corrected chi connectivity index (χ3v) is 1.61. The molecule has 0 amide bonds. The van der Waals surface area contributed by atoms with Gasteiger partial charge in [-0.1, -0.05) is 0 Å². The summed E-state index contributed by atoms with van der Waals surface area (Å²) < 4.78 is 4.90. The fourth-order valence-corrected chi connectivity index (χ4v) is 1.06. The number of hydrogen-bond donors (Lipinski definition) is 2. The fourth-order valence-electron chi connectivity index (χ4n) is 1.06. The minimum Gasteiger partial charge on any atom is -0.471 e. The van der Waals surface area contributed by atoms with Crippen molar-refractivity contribution >= 4 is 0 Å². The third-order valence-electron chi connectivity index (χ3n) is 1.61. The highest BCUT2D eigenvalue weighted by molar-refractivity contribution is 5.33. The largest absolute Gasteiger partial charge is 0.471 e. The van der Waals surface area contributed by atoms with E-state index in [2.05, 4.69) is 4.98 Å². The van der Waals surface area contributed by atoms with Gasteiger partial charge >= 0.3 is 0 Å². The van der Waals surface area contributed by atoms with Crippen LogP contribution in [0.4, 0.5) is 0 Å². The van der Waals surface area contributed by atoms with Crippen molar-refractivity contribution < 1.29 is 14.9 Å². The average molecular weight is 153 g/mol. The van der Waals surface area contributed by atoms with Gasteiger partial charge in [0.25, 0.3) is 0 Å². The molecule has 0 radical (unpaired) electrons. The number of pyridine rings is 1. The molecule has 4 nitrogen and oxygen atoms in total.